The minimum Gasteiger partial charge on any atom is -0.512 e. The molecule has 0 saturated carbocycles. The number of rotatable bonds is 4. The second-order valence-electron chi connectivity index (χ2n) is 3.86. The molecule has 0 aromatic heterocycles. The molecule has 0 radical (unpaired) electrons. The van der Waals surface area contributed by atoms with Crippen molar-refractivity contribution in [3.05, 3.63) is 41.2 Å². The van der Waals surface area contributed by atoms with Gasteiger partial charge >= 0.3 is 0 Å². The van der Waals surface area contributed by atoms with Gasteiger partial charge in [0, 0.05) is 12.6 Å². The maximum Gasteiger partial charge on any atom is 0.164 e. The first-order valence-corrected chi connectivity index (χ1v) is 5.58. The van der Waals surface area contributed by atoms with E-state index in [1.54, 1.807) is 6.92 Å². The smallest absolute Gasteiger partial charge is 0.164 e. The van der Waals surface area contributed by atoms with Crippen molar-refractivity contribution in [3.8, 4) is 0 Å². The standard InChI is InChI=1S/C14H17NO2/c1-4-14(17)13(11(3)16)9-15-12-7-5-10(2)6-8-12/h5-9,17H,4H2,1-3H3. The van der Waals surface area contributed by atoms with Crippen LogP contribution in [0.25, 0.3) is 0 Å². The molecule has 0 bridgehead atoms. The number of hydrogen-bond acceptors (Lipinski definition) is 3. The van der Waals surface area contributed by atoms with Crippen molar-refractivity contribution < 1.29 is 9.90 Å². The van der Waals surface area contributed by atoms with Crippen LogP contribution in [0.4, 0.5) is 5.69 Å². The Morgan fingerprint density at radius 3 is 2.41 bits per heavy atom. The van der Waals surface area contributed by atoms with Gasteiger partial charge in [0.25, 0.3) is 0 Å². The van der Waals surface area contributed by atoms with Crippen LogP contribution in [0.1, 0.15) is 25.8 Å². The van der Waals surface area contributed by atoms with Crippen molar-refractivity contribution in [2.24, 2.45) is 4.99 Å². The topological polar surface area (TPSA) is 49.7 Å². The summed E-state index contributed by atoms with van der Waals surface area (Å²) in [6, 6.07) is 7.63. The largest absolute Gasteiger partial charge is 0.512 e. The summed E-state index contributed by atoms with van der Waals surface area (Å²) in [5, 5.41) is 9.58. The summed E-state index contributed by atoms with van der Waals surface area (Å²) in [6.07, 6.45) is 1.85. The number of nitrogens with zero attached hydrogens (tertiary/aromatic N) is 1. The van der Waals surface area contributed by atoms with Crippen molar-refractivity contribution in [1.29, 1.82) is 0 Å². The molecule has 1 rings (SSSR count). The zero-order chi connectivity index (χ0) is 12.8. The third-order valence-corrected chi connectivity index (χ3v) is 2.40. The molecule has 0 aliphatic rings. The number of allylic oxidation sites excluding steroid dienone is 2. The van der Waals surface area contributed by atoms with Crippen LogP contribution < -0.4 is 0 Å². The Balaban J connectivity index is 2.95. The highest BCUT2D eigenvalue weighted by molar-refractivity contribution is 6.13. The number of ketones is 1. The van der Waals surface area contributed by atoms with Crippen molar-refractivity contribution in [2.45, 2.75) is 27.2 Å². The lowest BCUT2D eigenvalue weighted by molar-refractivity contribution is -0.113. The summed E-state index contributed by atoms with van der Waals surface area (Å²) in [5.41, 5.74) is 2.19. The molecule has 0 unspecified atom stereocenters. The van der Waals surface area contributed by atoms with Gasteiger partial charge in [-0.25, -0.2) is 0 Å². The molecule has 17 heavy (non-hydrogen) atoms. The number of carbonyl (C=O) groups is 1. The van der Waals surface area contributed by atoms with Crippen LogP contribution in [0, 0.1) is 6.92 Å². The fraction of sp³-hybridized carbons (Fsp3) is 0.286. The van der Waals surface area contributed by atoms with Crippen LogP contribution in [0.15, 0.2) is 40.6 Å². The van der Waals surface area contributed by atoms with Crippen LogP contribution >= 0.6 is 0 Å². The molecule has 0 saturated heterocycles. The Morgan fingerprint density at radius 1 is 1.35 bits per heavy atom. The summed E-state index contributed by atoms with van der Waals surface area (Å²) in [5.74, 6) is -0.103. The minimum atomic E-state index is -0.180. The van der Waals surface area contributed by atoms with E-state index in [0.29, 0.717) is 6.42 Å². The van der Waals surface area contributed by atoms with Gasteiger partial charge in [0.05, 0.1) is 11.3 Å². The molecule has 0 heterocycles. The lowest BCUT2D eigenvalue weighted by Crippen LogP contribution is -2.02. The predicted octanol–water partition coefficient (Wildman–Crippen LogP) is 3.51. The first-order valence-electron chi connectivity index (χ1n) is 5.58. The quantitative estimate of drug-likeness (QED) is 0.489. The summed E-state index contributed by atoms with van der Waals surface area (Å²) >= 11 is 0. The highest BCUT2D eigenvalue weighted by Gasteiger charge is 2.06. The molecule has 0 aliphatic heterocycles. The Morgan fingerprint density at radius 2 is 1.94 bits per heavy atom. The van der Waals surface area contributed by atoms with E-state index in [0.717, 1.165) is 11.3 Å². The summed E-state index contributed by atoms with van der Waals surface area (Å²) in [4.78, 5) is 15.5. The maximum absolute atomic E-state index is 11.3. The summed E-state index contributed by atoms with van der Waals surface area (Å²) < 4.78 is 0. The minimum absolute atomic E-state index is 0.0772. The molecular weight excluding hydrogens is 214 g/mol. The number of hydrogen-bond donors (Lipinski definition) is 1. The third kappa shape index (κ3) is 3.87. The predicted molar refractivity (Wildman–Crippen MR) is 70.0 cm³/mol. The van der Waals surface area contributed by atoms with E-state index in [-0.39, 0.29) is 17.1 Å². The van der Waals surface area contributed by atoms with Crippen LogP contribution in [-0.4, -0.2) is 17.1 Å². The molecule has 3 nitrogen and oxygen atoms in total. The van der Waals surface area contributed by atoms with Crippen LogP contribution in [0.5, 0.6) is 0 Å². The van der Waals surface area contributed by atoms with E-state index in [2.05, 4.69) is 4.99 Å². The third-order valence-electron chi connectivity index (χ3n) is 2.40. The summed E-state index contributed by atoms with van der Waals surface area (Å²) in [6.45, 7) is 5.21. The van der Waals surface area contributed by atoms with Crippen molar-refractivity contribution >= 4 is 17.7 Å². The molecular formula is C14H17NO2. The van der Waals surface area contributed by atoms with Gasteiger partial charge in [-0.15, -0.1) is 0 Å². The van der Waals surface area contributed by atoms with Crippen LogP contribution in [0.2, 0.25) is 0 Å². The molecule has 1 N–H and O–H groups in total. The van der Waals surface area contributed by atoms with Gasteiger partial charge in [0.1, 0.15) is 5.76 Å². The highest BCUT2D eigenvalue weighted by atomic mass is 16.3. The Labute approximate surface area is 102 Å². The Hall–Kier alpha value is -1.90. The van der Waals surface area contributed by atoms with Gasteiger partial charge in [0.15, 0.2) is 5.78 Å². The summed E-state index contributed by atoms with van der Waals surface area (Å²) in [7, 11) is 0. The molecule has 3 heteroatoms. The molecule has 90 valence electrons. The van der Waals surface area contributed by atoms with Crippen LogP contribution in [-0.2, 0) is 4.79 Å². The van der Waals surface area contributed by atoms with Crippen LogP contribution in [0.3, 0.4) is 0 Å². The normalized spacial score (nSPS) is 12.6. The van der Waals surface area contributed by atoms with Crippen molar-refractivity contribution in [1.82, 2.24) is 0 Å². The lowest BCUT2D eigenvalue weighted by atomic mass is 10.1. The monoisotopic (exact) mass is 231 g/mol. The molecule has 1 aromatic rings. The fourth-order valence-electron chi connectivity index (χ4n) is 1.33. The average Bonchev–Trinajstić information content (AvgIpc) is 2.31. The second-order valence-corrected chi connectivity index (χ2v) is 3.86. The van der Waals surface area contributed by atoms with Gasteiger partial charge in [-0.1, -0.05) is 24.6 Å². The SMILES string of the molecule is CCC(O)=C(C=Nc1ccc(C)cc1)C(C)=O. The number of aliphatic hydroxyl groups excluding tert-OH is 1. The van der Waals surface area contributed by atoms with E-state index in [1.165, 1.54) is 13.1 Å². The molecule has 1 aromatic carbocycles. The fourth-order valence-corrected chi connectivity index (χ4v) is 1.33. The van der Waals surface area contributed by atoms with Crippen molar-refractivity contribution in [2.75, 3.05) is 0 Å². The average molecular weight is 231 g/mol. The number of Topliss-reactive ketones (excluding diaryl/α,β-unsaturated/α-hetero) is 1. The maximum atomic E-state index is 11.3. The zero-order valence-corrected chi connectivity index (χ0v) is 10.4. The number of aliphatic imine (C=N–C) groups is 1. The molecule has 0 fully saturated rings. The zero-order valence-electron chi connectivity index (χ0n) is 10.4. The highest BCUT2D eigenvalue weighted by Crippen LogP contribution is 2.13. The van der Waals surface area contributed by atoms with Gasteiger partial charge in [-0.05, 0) is 26.0 Å². The van der Waals surface area contributed by atoms with Gasteiger partial charge in [-0.3, -0.25) is 9.79 Å². The van der Waals surface area contributed by atoms with E-state index in [4.69, 9.17) is 0 Å². The van der Waals surface area contributed by atoms with E-state index in [1.807, 2.05) is 31.2 Å². The number of carbonyl (C=O) groups excluding carboxylic acids is 1. The van der Waals surface area contributed by atoms with Gasteiger partial charge in [0.2, 0.25) is 0 Å². The lowest BCUT2D eigenvalue weighted by Gasteiger charge is -2.00. The van der Waals surface area contributed by atoms with Gasteiger partial charge < -0.3 is 5.11 Å². The molecule has 0 amide bonds. The van der Waals surface area contributed by atoms with E-state index in [9.17, 15) is 9.90 Å². The first-order chi connectivity index (χ1) is 8.04. The number of aryl methyl sites for hydroxylation is 1. The van der Waals surface area contributed by atoms with E-state index >= 15 is 0 Å². The first kappa shape index (κ1) is 13.2. The second kappa shape index (κ2) is 5.99. The molecule has 0 aliphatic carbocycles. The van der Waals surface area contributed by atoms with Gasteiger partial charge in [-0.2, -0.15) is 0 Å². The Kier molecular flexibility index (Phi) is 4.64. The number of aliphatic hydroxyl groups is 1. The molecule has 0 spiro atoms. The molecule has 0 atom stereocenters. The Bertz CT molecular complexity index is 456. The number of benzene rings is 1. The van der Waals surface area contributed by atoms with Crippen molar-refractivity contribution in [3.63, 3.8) is 0 Å². The van der Waals surface area contributed by atoms with E-state index < -0.39 is 0 Å².